The van der Waals surface area contributed by atoms with Crippen molar-refractivity contribution in [3.8, 4) is 11.1 Å². The van der Waals surface area contributed by atoms with Crippen LogP contribution in [0.3, 0.4) is 0 Å². The lowest BCUT2D eigenvalue weighted by Gasteiger charge is -2.43. The second-order valence-corrected chi connectivity index (χ2v) is 7.57. The molecule has 0 bridgehead atoms. The molecule has 2 unspecified atom stereocenters. The Bertz CT molecular complexity index is 1100. The third-order valence-corrected chi connectivity index (χ3v) is 5.26. The maximum absolute atomic E-state index is 13.6. The maximum atomic E-state index is 13.6. The van der Waals surface area contributed by atoms with Crippen LogP contribution in [0.4, 0.5) is 31.1 Å². The van der Waals surface area contributed by atoms with Crippen LogP contribution in [0.15, 0.2) is 36.7 Å². The first-order valence-corrected chi connectivity index (χ1v) is 9.49. The number of hydrogen-bond donors (Lipinski definition) is 1. The normalized spacial score (nSPS) is 22.5. The molecule has 4 rings (SSSR count). The molecular weight excluding hydrogens is 460 g/mol. The Hall–Kier alpha value is -3.35. The smallest absolute Gasteiger partial charge is 0.435 e. The number of rotatable bonds is 5. The van der Waals surface area contributed by atoms with Crippen LogP contribution < -0.4 is 5.32 Å². The summed E-state index contributed by atoms with van der Waals surface area (Å²) in [6.45, 7) is -0.246. The van der Waals surface area contributed by atoms with Crippen LogP contribution >= 0.6 is 0 Å². The molecule has 2 fully saturated rings. The number of benzene rings is 1. The maximum Gasteiger partial charge on any atom is 0.490 e. The molecule has 1 aromatic carbocycles. The molecule has 13 heteroatoms. The van der Waals surface area contributed by atoms with Crippen molar-refractivity contribution in [2.45, 2.75) is 31.0 Å². The minimum absolute atomic E-state index is 0.0185. The van der Waals surface area contributed by atoms with Gasteiger partial charge in [0, 0.05) is 24.5 Å². The fourth-order valence-electron chi connectivity index (χ4n) is 3.59. The molecule has 1 aromatic heterocycles. The Balaban J connectivity index is 1.48. The fourth-order valence-corrected chi connectivity index (χ4v) is 3.59. The van der Waals surface area contributed by atoms with Gasteiger partial charge in [-0.1, -0.05) is 6.07 Å². The van der Waals surface area contributed by atoms with Crippen LogP contribution in [-0.2, 0) is 20.8 Å². The zero-order valence-corrected chi connectivity index (χ0v) is 16.5. The number of pyridine rings is 1. The van der Waals surface area contributed by atoms with Crippen LogP contribution in [0.25, 0.3) is 11.1 Å². The SMILES string of the molecule is O=C1OC2(CNC2OC(=O)C(F)(F)F)CN1Cc1cncc(-c2ccc(F)c(C(F)F)c2)c1. The Morgan fingerprint density at radius 2 is 2.03 bits per heavy atom. The summed E-state index contributed by atoms with van der Waals surface area (Å²) in [6.07, 6.45) is -7.73. The highest BCUT2D eigenvalue weighted by atomic mass is 19.4. The van der Waals surface area contributed by atoms with E-state index in [1.165, 1.54) is 23.4 Å². The van der Waals surface area contributed by atoms with Crippen molar-refractivity contribution in [3.63, 3.8) is 0 Å². The first kappa shape index (κ1) is 22.8. The summed E-state index contributed by atoms with van der Waals surface area (Å²) in [4.78, 5) is 28.6. The molecule has 0 radical (unpaired) electrons. The molecular formula is C20H15F6N3O4. The van der Waals surface area contributed by atoms with E-state index in [2.05, 4.69) is 15.0 Å². The second kappa shape index (κ2) is 8.21. The summed E-state index contributed by atoms with van der Waals surface area (Å²) >= 11 is 0. The standard InChI is InChI=1S/C20H15F6N3O4/c21-14-2-1-11(4-13(14)15(22)23)12-3-10(5-27-6-12)7-29-9-19(33-18(29)31)8-28-16(19)32-17(30)20(24,25)26/h1-6,15-16,28H,7-9H2. The molecule has 2 atom stereocenters. The molecule has 1 amide bonds. The van der Waals surface area contributed by atoms with Gasteiger partial charge in [0.1, 0.15) is 5.82 Å². The largest absolute Gasteiger partial charge is 0.490 e. The highest BCUT2D eigenvalue weighted by molar-refractivity contribution is 5.76. The highest BCUT2D eigenvalue weighted by Gasteiger charge is 2.60. The first-order valence-electron chi connectivity index (χ1n) is 9.49. The first-order chi connectivity index (χ1) is 15.5. The molecule has 2 aromatic rings. The number of ether oxygens (including phenoxy) is 2. The van der Waals surface area contributed by atoms with Gasteiger partial charge < -0.3 is 9.47 Å². The molecule has 1 spiro atoms. The van der Waals surface area contributed by atoms with Crippen LogP contribution in [0.2, 0.25) is 0 Å². The van der Waals surface area contributed by atoms with Gasteiger partial charge in [0.2, 0.25) is 0 Å². The number of nitrogens with zero attached hydrogens (tertiary/aromatic N) is 2. The van der Waals surface area contributed by atoms with Crippen molar-refractivity contribution < 1.29 is 45.4 Å². The van der Waals surface area contributed by atoms with Crippen molar-refractivity contribution in [1.29, 1.82) is 0 Å². The number of halogens is 6. The van der Waals surface area contributed by atoms with E-state index >= 15 is 0 Å². The van der Waals surface area contributed by atoms with Gasteiger partial charge in [-0.2, -0.15) is 13.2 Å². The van der Waals surface area contributed by atoms with E-state index in [4.69, 9.17) is 4.74 Å². The Morgan fingerprint density at radius 1 is 1.27 bits per heavy atom. The van der Waals surface area contributed by atoms with E-state index in [1.807, 2.05) is 0 Å². The zero-order valence-electron chi connectivity index (χ0n) is 16.5. The van der Waals surface area contributed by atoms with E-state index in [9.17, 15) is 35.9 Å². The number of carbonyl (C=O) groups excluding carboxylic acids is 2. The van der Waals surface area contributed by atoms with E-state index in [1.54, 1.807) is 6.07 Å². The van der Waals surface area contributed by atoms with Gasteiger partial charge in [-0.25, -0.2) is 22.8 Å². The predicted octanol–water partition coefficient (Wildman–Crippen LogP) is 3.55. The van der Waals surface area contributed by atoms with Gasteiger partial charge in [-0.15, -0.1) is 0 Å². The number of hydrogen-bond acceptors (Lipinski definition) is 6. The molecule has 176 valence electrons. The van der Waals surface area contributed by atoms with Crippen molar-refractivity contribution in [3.05, 3.63) is 53.6 Å². The van der Waals surface area contributed by atoms with Crippen LogP contribution in [0.5, 0.6) is 0 Å². The second-order valence-electron chi connectivity index (χ2n) is 7.57. The monoisotopic (exact) mass is 475 g/mol. The van der Waals surface area contributed by atoms with Crippen molar-refractivity contribution in [1.82, 2.24) is 15.2 Å². The van der Waals surface area contributed by atoms with Crippen LogP contribution in [-0.4, -0.2) is 53.0 Å². The van der Waals surface area contributed by atoms with E-state index in [-0.39, 0.29) is 25.2 Å². The summed E-state index contributed by atoms with van der Waals surface area (Å²) in [7, 11) is 0. The lowest BCUT2D eigenvalue weighted by Crippen LogP contribution is -2.71. The van der Waals surface area contributed by atoms with Crippen LogP contribution in [0.1, 0.15) is 17.6 Å². The fraction of sp³-hybridized carbons (Fsp3) is 0.350. The number of esters is 1. The lowest BCUT2D eigenvalue weighted by molar-refractivity contribution is -0.227. The average Bonchev–Trinajstić information content (AvgIpc) is 3.09. The van der Waals surface area contributed by atoms with Crippen molar-refractivity contribution >= 4 is 12.1 Å². The van der Waals surface area contributed by atoms with Gasteiger partial charge in [-0.3, -0.25) is 15.2 Å². The number of carbonyl (C=O) groups is 2. The molecule has 7 nitrogen and oxygen atoms in total. The highest BCUT2D eigenvalue weighted by Crippen LogP contribution is 2.35. The van der Waals surface area contributed by atoms with Gasteiger partial charge in [0.15, 0.2) is 11.8 Å². The number of aromatic nitrogens is 1. The quantitative estimate of drug-likeness (QED) is 0.527. The molecule has 1 N–H and O–H groups in total. The van der Waals surface area contributed by atoms with E-state index in [0.717, 1.165) is 12.1 Å². The van der Waals surface area contributed by atoms with Crippen LogP contribution in [0, 0.1) is 5.82 Å². The summed E-state index contributed by atoms with van der Waals surface area (Å²) in [5.41, 5.74) is -1.10. The summed E-state index contributed by atoms with van der Waals surface area (Å²) in [5, 5.41) is 2.48. The van der Waals surface area contributed by atoms with Gasteiger partial charge >= 0.3 is 18.2 Å². The lowest BCUT2D eigenvalue weighted by atomic mass is 9.94. The molecule has 2 aliphatic rings. The van der Waals surface area contributed by atoms with Gasteiger partial charge in [0.05, 0.1) is 18.7 Å². The molecule has 3 heterocycles. The molecule has 0 aliphatic carbocycles. The number of alkyl halides is 5. The Kier molecular flexibility index (Phi) is 5.68. The summed E-state index contributed by atoms with van der Waals surface area (Å²) in [6, 6.07) is 4.77. The van der Waals surface area contributed by atoms with Crippen molar-refractivity contribution in [2.24, 2.45) is 0 Å². The minimum Gasteiger partial charge on any atom is -0.435 e. The Labute approximate surface area is 182 Å². The molecule has 0 saturated carbocycles. The molecule has 2 saturated heterocycles. The molecule has 33 heavy (non-hydrogen) atoms. The van der Waals surface area contributed by atoms with Gasteiger partial charge in [0.25, 0.3) is 6.43 Å². The topological polar surface area (TPSA) is 80.8 Å². The van der Waals surface area contributed by atoms with Gasteiger partial charge in [-0.05, 0) is 29.3 Å². The predicted molar refractivity (Wildman–Crippen MR) is 98.1 cm³/mol. The van der Waals surface area contributed by atoms with Crippen molar-refractivity contribution in [2.75, 3.05) is 13.1 Å². The Morgan fingerprint density at radius 3 is 2.67 bits per heavy atom. The minimum atomic E-state index is -5.20. The van der Waals surface area contributed by atoms with E-state index in [0.29, 0.717) is 11.1 Å². The average molecular weight is 475 g/mol. The summed E-state index contributed by atoms with van der Waals surface area (Å²) < 4.78 is 86.5. The number of amides is 1. The third kappa shape index (κ3) is 4.45. The zero-order chi connectivity index (χ0) is 24.0. The third-order valence-electron chi connectivity index (χ3n) is 5.26. The molecule has 2 aliphatic heterocycles. The summed E-state index contributed by atoms with van der Waals surface area (Å²) in [5.74, 6) is -3.45. The van der Waals surface area contributed by atoms with E-state index < -0.39 is 47.9 Å². The number of nitrogens with one attached hydrogen (secondary N) is 1.